The highest BCUT2D eigenvalue weighted by Gasteiger charge is 2.21. The van der Waals surface area contributed by atoms with Crippen molar-refractivity contribution >= 4 is 21.6 Å². The Hall–Kier alpha value is -2.18. The summed E-state index contributed by atoms with van der Waals surface area (Å²) in [7, 11) is -2.04. The summed E-state index contributed by atoms with van der Waals surface area (Å²) in [5.74, 6) is -0.0585. The van der Waals surface area contributed by atoms with Crippen molar-refractivity contribution < 1.29 is 13.2 Å². The first kappa shape index (κ1) is 21.1. The molecule has 0 heterocycles. The third kappa shape index (κ3) is 5.17. The number of hydrogen-bond acceptors (Lipinski definition) is 3. The molecule has 0 unspecified atom stereocenters. The van der Waals surface area contributed by atoms with E-state index in [9.17, 15) is 13.2 Å². The Bertz CT molecular complexity index is 892. The van der Waals surface area contributed by atoms with Gasteiger partial charge in [-0.15, -0.1) is 0 Å². The Kier molecular flexibility index (Phi) is 7.16. The van der Waals surface area contributed by atoms with E-state index in [2.05, 4.69) is 19.2 Å². The van der Waals surface area contributed by atoms with Gasteiger partial charge >= 0.3 is 0 Å². The summed E-state index contributed by atoms with van der Waals surface area (Å²) < 4.78 is 26.8. The summed E-state index contributed by atoms with van der Waals surface area (Å²) in [5, 5.41) is 2.90. The van der Waals surface area contributed by atoms with Crippen molar-refractivity contribution in [3.05, 3.63) is 59.7 Å². The number of rotatable bonds is 8. The van der Waals surface area contributed by atoms with Gasteiger partial charge in [-0.1, -0.05) is 51.5 Å². The third-order valence-corrected chi connectivity index (χ3v) is 6.31. The number of nitrogens with one attached hydrogen (secondary N) is 1. The van der Waals surface area contributed by atoms with Crippen LogP contribution in [-0.4, -0.2) is 32.2 Å². The van der Waals surface area contributed by atoms with Gasteiger partial charge in [0.15, 0.2) is 0 Å². The maximum absolute atomic E-state index is 12.7. The SMILES string of the molecule is CCCCN(C)S(=O)(=O)c1cccc(C(=O)Nc2ccccc2C(C)C)c1. The van der Waals surface area contributed by atoms with E-state index in [4.69, 9.17) is 0 Å². The van der Waals surface area contributed by atoms with Crippen LogP contribution in [0.25, 0.3) is 0 Å². The summed E-state index contributed by atoms with van der Waals surface area (Å²) in [4.78, 5) is 12.8. The molecule has 0 aliphatic heterocycles. The summed E-state index contributed by atoms with van der Waals surface area (Å²) in [6.07, 6.45) is 1.71. The molecule has 2 rings (SSSR count). The summed E-state index contributed by atoms with van der Waals surface area (Å²) >= 11 is 0. The molecule has 0 spiro atoms. The molecule has 2 aromatic carbocycles. The highest BCUT2D eigenvalue weighted by molar-refractivity contribution is 7.89. The molecule has 0 aliphatic rings. The number of carbonyl (C=O) groups excluding carboxylic acids is 1. The predicted octanol–water partition coefficient (Wildman–Crippen LogP) is 4.48. The second-order valence-electron chi connectivity index (χ2n) is 6.90. The molecule has 1 N–H and O–H groups in total. The van der Waals surface area contributed by atoms with E-state index >= 15 is 0 Å². The van der Waals surface area contributed by atoms with Crippen molar-refractivity contribution in [3.63, 3.8) is 0 Å². The molecule has 0 aliphatic carbocycles. The van der Waals surface area contributed by atoms with Crippen LogP contribution in [0.1, 0.15) is 55.5 Å². The Morgan fingerprint density at radius 3 is 2.48 bits per heavy atom. The fraction of sp³-hybridized carbons (Fsp3) is 0.381. The monoisotopic (exact) mass is 388 g/mol. The fourth-order valence-corrected chi connectivity index (χ4v) is 4.04. The van der Waals surface area contributed by atoms with E-state index in [1.807, 2.05) is 31.2 Å². The number of nitrogens with zero attached hydrogens (tertiary/aromatic N) is 1. The molecule has 0 radical (unpaired) electrons. The van der Waals surface area contributed by atoms with Gasteiger partial charge in [0.25, 0.3) is 5.91 Å². The van der Waals surface area contributed by atoms with Crippen LogP contribution in [0.15, 0.2) is 53.4 Å². The Balaban J connectivity index is 2.26. The van der Waals surface area contributed by atoms with Gasteiger partial charge in [0.1, 0.15) is 0 Å². The number of unbranched alkanes of at least 4 members (excludes halogenated alkanes) is 1. The molecule has 1 amide bonds. The molecular formula is C21H28N2O3S. The van der Waals surface area contributed by atoms with Gasteiger partial charge in [0.2, 0.25) is 10.0 Å². The minimum Gasteiger partial charge on any atom is -0.322 e. The van der Waals surface area contributed by atoms with Gasteiger partial charge in [-0.3, -0.25) is 4.79 Å². The molecule has 0 fully saturated rings. The highest BCUT2D eigenvalue weighted by atomic mass is 32.2. The van der Waals surface area contributed by atoms with Crippen LogP contribution in [-0.2, 0) is 10.0 Å². The largest absolute Gasteiger partial charge is 0.322 e. The molecule has 0 saturated heterocycles. The van der Waals surface area contributed by atoms with Crippen molar-refractivity contribution in [2.45, 2.75) is 44.4 Å². The first-order valence-corrected chi connectivity index (χ1v) is 10.7. The van der Waals surface area contributed by atoms with E-state index in [-0.39, 0.29) is 16.7 Å². The zero-order valence-corrected chi connectivity index (χ0v) is 17.2. The molecule has 0 aromatic heterocycles. The van der Waals surface area contributed by atoms with E-state index in [0.717, 1.165) is 24.1 Å². The van der Waals surface area contributed by atoms with Crippen molar-refractivity contribution in [1.82, 2.24) is 4.31 Å². The Labute approximate surface area is 162 Å². The van der Waals surface area contributed by atoms with Crippen LogP contribution in [0.2, 0.25) is 0 Å². The maximum atomic E-state index is 12.7. The zero-order chi connectivity index (χ0) is 20.0. The number of benzene rings is 2. The normalized spacial score (nSPS) is 11.8. The number of para-hydroxylation sites is 1. The van der Waals surface area contributed by atoms with Gasteiger partial charge in [-0.05, 0) is 42.2 Å². The molecule has 5 nitrogen and oxygen atoms in total. The lowest BCUT2D eigenvalue weighted by atomic mass is 10.0. The molecule has 0 atom stereocenters. The third-order valence-electron chi connectivity index (χ3n) is 4.46. The topological polar surface area (TPSA) is 66.5 Å². The Morgan fingerprint density at radius 2 is 1.81 bits per heavy atom. The second-order valence-corrected chi connectivity index (χ2v) is 8.95. The van der Waals surface area contributed by atoms with Crippen molar-refractivity contribution in [3.8, 4) is 0 Å². The van der Waals surface area contributed by atoms with Gasteiger partial charge in [-0.2, -0.15) is 0 Å². The molecule has 0 saturated carbocycles. The minimum absolute atomic E-state index is 0.130. The van der Waals surface area contributed by atoms with Crippen molar-refractivity contribution in [2.24, 2.45) is 0 Å². The predicted molar refractivity (Wildman–Crippen MR) is 110 cm³/mol. The second kappa shape index (κ2) is 9.15. The first-order valence-electron chi connectivity index (χ1n) is 9.24. The van der Waals surface area contributed by atoms with Gasteiger partial charge < -0.3 is 5.32 Å². The standard InChI is InChI=1S/C21H28N2O3S/c1-5-6-14-23(4)27(25,26)18-11-9-10-17(15-18)21(24)22-20-13-8-7-12-19(20)16(2)3/h7-13,15-16H,5-6,14H2,1-4H3,(H,22,24). The lowest BCUT2D eigenvalue weighted by molar-refractivity contribution is 0.102. The molecule has 0 bridgehead atoms. The van der Waals surface area contributed by atoms with Crippen LogP contribution in [0.3, 0.4) is 0 Å². The summed E-state index contributed by atoms with van der Waals surface area (Å²) in [6.45, 7) is 6.59. The van der Waals surface area contributed by atoms with Crippen LogP contribution in [0, 0.1) is 0 Å². The van der Waals surface area contributed by atoms with E-state index in [1.165, 1.54) is 16.4 Å². The van der Waals surface area contributed by atoms with Crippen LogP contribution in [0.4, 0.5) is 5.69 Å². The number of sulfonamides is 1. The molecule has 6 heteroatoms. The highest BCUT2D eigenvalue weighted by Crippen LogP contribution is 2.24. The summed E-state index contributed by atoms with van der Waals surface area (Å²) in [6, 6.07) is 13.8. The lowest BCUT2D eigenvalue weighted by Crippen LogP contribution is -2.28. The number of carbonyl (C=O) groups is 1. The van der Waals surface area contributed by atoms with Crippen LogP contribution >= 0.6 is 0 Å². The van der Waals surface area contributed by atoms with E-state index < -0.39 is 10.0 Å². The maximum Gasteiger partial charge on any atom is 0.255 e. The minimum atomic E-state index is -3.61. The van der Waals surface area contributed by atoms with Crippen LogP contribution in [0.5, 0.6) is 0 Å². The quantitative estimate of drug-likeness (QED) is 0.725. The fourth-order valence-electron chi connectivity index (χ4n) is 2.79. The van der Waals surface area contributed by atoms with Crippen LogP contribution < -0.4 is 5.32 Å². The number of amides is 1. The van der Waals surface area contributed by atoms with Crippen molar-refractivity contribution in [2.75, 3.05) is 18.9 Å². The molecule has 146 valence electrons. The van der Waals surface area contributed by atoms with Gasteiger partial charge in [-0.25, -0.2) is 12.7 Å². The van der Waals surface area contributed by atoms with Gasteiger partial charge in [0.05, 0.1) is 4.90 Å². The van der Waals surface area contributed by atoms with E-state index in [0.29, 0.717) is 12.1 Å². The average Bonchev–Trinajstić information content (AvgIpc) is 2.66. The average molecular weight is 389 g/mol. The van der Waals surface area contributed by atoms with E-state index in [1.54, 1.807) is 19.2 Å². The summed E-state index contributed by atoms with van der Waals surface area (Å²) in [5.41, 5.74) is 2.10. The van der Waals surface area contributed by atoms with Gasteiger partial charge in [0, 0.05) is 24.8 Å². The smallest absolute Gasteiger partial charge is 0.255 e. The Morgan fingerprint density at radius 1 is 1.11 bits per heavy atom. The zero-order valence-electron chi connectivity index (χ0n) is 16.4. The molecular weight excluding hydrogens is 360 g/mol. The number of anilines is 1. The molecule has 2 aromatic rings. The number of hydrogen-bond donors (Lipinski definition) is 1. The van der Waals surface area contributed by atoms with Crippen molar-refractivity contribution in [1.29, 1.82) is 0 Å². The molecule has 27 heavy (non-hydrogen) atoms. The first-order chi connectivity index (χ1) is 12.8. The lowest BCUT2D eigenvalue weighted by Gasteiger charge is -2.17.